The van der Waals surface area contributed by atoms with Crippen LogP contribution in [-0.2, 0) is 14.6 Å². The maximum atomic E-state index is 12.2. The highest BCUT2D eigenvalue weighted by molar-refractivity contribution is 7.90. The summed E-state index contributed by atoms with van der Waals surface area (Å²) in [6.07, 6.45) is 1.80. The molecule has 0 aliphatic rings. The molecule has 9 heteroatoms. The number of rotatable bonds is 8. The van der Waals surface area contributed by atoms with Gasteiger partial charge in [-0.05, 0) is 30.0 Å². The monoisotopic (exact) mass is 419 g/mol. The maximum absolute atomic E-state index is 12.2. The van der Waals surface area contributed by atoms with Crippen LogP contribution in [0.5, 0.6) is 0 Å². The largest absolute Gasteiger partial charge is 0.454 e. The molecule has 0 heterocycles. The van der Waals surface area contributed by atoms with Gasteiger partial charge >= 0.3 is 5.97 Å². The van der Waals surface area contributed by atoms with E-state index < -0.39 is 43.7 Å². The van der Waals surface area contributed by atoms with Crippen molar-refractivity contribution in [3.8, 4) is 0 Å². The average molecular weight is 419 g/mol. The van der Waals surface area contributed by atoms with E-state index in [-0.39, 0.29) is 5.56 Å². The first kappa shape index (κ1) is 22.2. The van der Waals surface area contributed by atoms with Gasteiger partial charge in [-0.25, -0.2) is 13.2 Å². The molecule has 0 bridgehead atoms. The van der Waals surface area contributed by atoms with E-state index in [2.05, 4.69) is 13.8 Å². The molecule has 0 aliphatic carbocycles. The molecule has 1 atom stereocenters. The Kier molecular flexibility index (Phi) is 6.86. The number of ether oxygens (including phenoxy) is 1. The maximum Gasteiger partial charge on any atom is 0.338 e. The van der Waals surface area contributed by atoms with Crippen molar-refractivity contribution in [2.45, 2.75) is 31.1 Å². The molecule has 0 aromatic heterocycles. The highest BCUT2D eigenvalue weighted by atomic mass is 32.2. The van der Waals surface area contributed by atoms with E-state index in [4.69, 9.17) is 4.74 Å². The summed E-state index contributed by atoms with van der Waals surface area (Å²) in [7, 11) is -3.84. The van der Waals surface area contributed by atoms with Crippen LogP contribution < -0.4 is 0 Å². The summed E-state index contributed by atoms with van der Waals surface area (Å²) >= 11 is 0. The summed E-state index contributed by atoms with van der Waals surface area (Å²) in [6, 6.07) is 9.90. The number of hydrogen-bond acceptors (Lipinski definition) is 7. The van der Waals surface area contributed by atoms with Crippen molar-refractivity contribution >= 4 is 27.3 Å². The third kappa shape index (κ3) is 5.47. The molecule has 29 heavy (non-hydrogen) atoms. The Hall–Kier alpha value is -3.07. The summed E-state index contributed by atoms with van der Waals surface area (Å²) in [5, 5.41) is 11.1. The van der Waals surface area contributed by atoms with Crippen LogP contribution in [0.1, 0.15) is 52.5 Å². The zero-order valence-electron chi connectivity index (χ0n) is 16.2. The van der Waals surface area contributed by atoms with Gasteiger partial charge in [0, 0.05) is 17.9 Å². The average Bonchev–Trinajstić information content (AvgIpc) is 2.70. The molecule has 2 aromatic carbocycles. The first-order valence-electron chi connectivity index (χ1n) is 8.83. The molecule has 0 saturated carbocycles. The SMILES string of the molecule is CC[C@@H](C)c1ccc(C(=O)COC(=O)c2ccc(S(C)(=O)=O)c([N+](=O)[O-])c2)cc1. The van der Waals surface area contributed by atoms with Gasteiger partial charge in [-0.15, -0.1) is 0 Å². The molecule has 0 radical (unpaired) electrons. The number of carbonyl (C=O) groups is 2. The smallest absolute Gasteiger partial charge is 0.338 e. The first-order chi connectivity index (χ1) is 13.5. The van der Waals surface area contributed by atoms with Gasteiger partial charge in [0.2, 0.25) is 0 Å². The summed E-state index contributed by atoms with van der Waals surface area (Å²) in [5.74, 6) is -1.02. The Morgan fingerprint density at radius 3 is 2.21 bits per heavy atom. The van der Waals surface area contributed by atoms with E-state index >= 15 is 0 Å². The quantitative estimate of drug-likeness (QED) is 0.278. The molecule has 0 saturated heterocycles. The fourth-order valence-corrected chi connectivity index (χ4v) is 3.46. The van der Waals surface area contributed by atoms with Crippen molar-refractivity contribution in [2.24, 2.45) is 0 Å². The highest BCUT2D eigenvalue weighted by Crippen LogP contribution is 2.25. The molecule has 8 nitrogen and oxygen atoms in total. The van der Waals surface area contributed by atoms with Crippen LogP contribution in [0.15, 0.2) is 47.4 Å². The molecular weight excluding hydrogens is 398 g/mol. The van der Waals surface area contributed by atoms with Crippen LogP contribution >= 0.6 is 0 Å². The molecule has 0 unspecified atom stereocenters. The number of esters is 1. The number of nitro benzene ring substituents is 1. The van der Waals surface area contributed by atoms with Crippen LogP contribution in [0.25, 0.3) is 0 Å². The Balaban J connectivity index is 2.11. The summed E-state index contributed by atoms with van der Waals surface area (Å²) < 4.78 is 28.2. The van der Waals surface area contributed by atoms with E-state index in [1.54, 1.807) is 12.1 Å². The fraction of sp³-hybridized carbons (Fsp3) is 0.300. The van der Waals surface area contributed by atoms with Gasteiger partial charge in [0.25, 0.3) is 5.69 Å². The number of nitro groups is 1. The van der Waals surface area contributed by atoms with E-state index in [1.165, 1.54) is 0 Å². The predicted molar refractivity (Wildman–Crippen MR) is 106 cm³/mol. The van der Waals surface area contributed by atoms with E-state index in [1.807, 2.05) is 12.1 Å². The Labute approximate surface area is 168 Å². The lowest BCUT2D eigenvalue weighted by atomic mass is 9.97. The highest BCUT2D eigenvalue weighted by Gasteiger charge is 2.24. The lowest BCUT2D eigenvalue weighted by molar-refractivity contribution is -0.387. The topological polar surface area (TPSA) is 121 Å². The van der Waals surface area contributed by atoms with Crippen LogP contribution in [-0.4, -0.2) is 38.0 Å². The van der Waals surface area contributed by atoms with Gasteiger partial charge in [-0.1, -0.05) is 38.1 Å². The lowest BCUT2D eigenvalue weighted by Gasteiger charge is -2.10. The molecule has 0 N–H and O–H groups in total. The second-order valence-corrected chi connectivity index (χ2v) is 8.63. The minimum Gasteiger partial charge on any atom is -0.454 e. The van der Waals surface area contributed by atoms with Crippen molar-refractivity contribution in [1.29, 1.82) is 0 Å². The summed E-state index contributed by atoms with van der Waals surface area (Å²) in [4.78, 5) is 34.1. The Morgan fingerprint density at radius 2 is 1.69 bits per heavy atom. The zero-order chi connectivity index (χ0) is 21.8. The van der Waals surface area contributed by atoms with Crippen molar-refractivity contribution in [2.75, 3.05) is 12.9 Å². The Morgan fingerprint density at radius 1 is 1.10 bits per heavy atom. The molecular formula is C20H21NO7S. The summed E-state index contributed by atoms with van der Waals surface area (Å²) in [5.41, 5.74) is 0.528. The first-order valence-corrected chi connectivity index (χ1v) is 10.7. The van der Waals surface area contributed by atoms with Crippen molar-refractivity contribution in [3.63, 3.8) is 0 Å². The van der Waals surface area contributed by atoms with Crippen LogP contribution in [0.4, 0.5) is 5.69 Å². The molecule has 0 amide bonds. The van der Waals surface area contributed by atoms with Gasteiger partial charge in [0.05, 0.1) is 10.5 Å². The molecule has 154 valence electrons. The van der Waals surface area contributed by atoms with Gasteiger partial charge in [-0.2, -0.15) is 0 Å². The zero-order valence-corrected chi connectivity index (χ0v) is 17.1. The lowest BCUT2D eigenvalue weighted by Crippen LogP contribution is -2.15. The van der Waals surface area contributed by atoms with Crippen molar-refractivity contribution in [3.05, 3.63) is 69.3 Å². The molecule has 0 spiro atoms. The van der Waals surface area contributed by atoms with Gasteiger partial charge in [0.1, 0.15) is 4.90 Å². The second-order valence-electron chi connectivity index (χ2n) is 6.64. The Bertz CT molecular complexity index is 1040. The van der Waals surface area contributed by atoms with Gasteiger partial charge < -0.3 is 4.74 Å². The van der Waals surface area contributed by atoms with E-state index in [0.717, 1.165) is 36.4 Å². The van der Waals surface area contributed by atoms with E-state index in [0.29, 0.717) is 11.5 Å². The van der Waals surface area contributed by atoms with Crippen LogP contribution in [0, 0.1) is 10.1 Å². The molecule has 2 aromatic rings. The minimum absolute atomic E-state index is 0.219. The van der Waals surface area contributed by atoms with E-state index in [9.17, 15) is 28.1 Å². The number of Topliss-reactive ketones (excluding diaryl/α,β-unsaturated/α-hetero) is 1. The molecule has 2 rings (SSSR count). The predicted octanol–water partition coefficient (Wildman–Crippen LogP) is 3.55. The normalized spacial score (nSPS) is 12.2. The third-order valence-corrected chi connectivity index (χ3v) is 5.68. The van der Waals surface area contributed by atoms with Crippen LogP contribution in [0.3, 0.4) is 0 Å². The second kappa shape index (κ2) is 8.95. The number of nitrogens with zero attached hydrogens (tertiary/aromatic N) is 1. The third-order valence-electron chi connectivity index (χ3n) is 4.54. The fourth-order valence-electron chi connectivity index (χ4n) is 2.63. The summed E-state index contributed by atoms with van der Waals surface area (Å²) in [6.45, 7) is 3.60. The van der Waals surface area contributed by atoms with Crippen LogP contribution in [0.2, 0.25) is 0 Å². The standard InChI is InChI=1S/C20H21NO7S/c1-4-13(2)14-5-7-15(8-6-14)18(22)12-28-20(23)16-9-10-19(29(3,26)27)17(11-16)21(24)25/h5-11,13H,4,12H2,1-3H3/t13-/m1/s1. The van der Waals surface area contributed by atoms with Crippen molar-refractivity contribution in [1.82, 2.24) is 0 Å². The molecule has 0 aliphatic heterocycles. The minimum atomic E-state index is -3.84. The number of hydrogen-bond donors (Lipinski definition) is 0. The van der Waals surface area contributed by atoms with Gasteiger partial charge in [-0.3, -0.25) is 14.9 Å². The number of carbonyl (C=O) groups excluding carboxylic acids is 2. The van der Waals surface area contributed by atoms with Crippen molar-refractivity contribution < 1.29 is 27.7 Å². The number of benzene rings is 2. The number of sulfone groups is 1. The number of ketones is 1. The van der Waals surface area contributed by atoms with Gasteiger partial charge in [0.15, 0.2) is 22.2 Å². The molecule has 0 fully saturated rings.